The molecule has 166 valence electrons. The van der Waals surface area contributed by atoms with Crippen molar-refractivity contribution in [3.05, 3.63) is 35.9 Å². The summed E-state index contributed by atoms with van der Waals surface area (Å²) in [5.41, 5.74) is 12.1. The third-order valence-corrected chi connectivity index (χ3v) is 4.48. The van der Waals surface area contributed by atoms with Crippen LogP contribution in [0.25, 0.3) is 0 Å². The zero-order valence-corrected chi connectivity index (χ0v) is 17.4. The minimum absolute atomic E-state index is 0.146. The summed E-state index contributed by atoms with van der Waals surface area (Å²) in [5, 5.41) is 24.1. The highest BCUT2D eigenvalue weighted by Crippen LogP contribution is 2.07. The monoisotopic (exact) mass is 420 g/mol. The molecule has 0 aromatic heterocycles. The number of hydrogen-bond acceptors (Lipinski definition) is 5. The Morgan fingerprint density at radius 2 is 1.73 bits per heavy atom. The lowest BCUT2D eigenvalue weighted by molar-refractivity contribution is -0.142. The van der Waals surface area contributed by atoms with Crippen LogP contribution in [0.15, 0.2) is 30.3 Å². The highest BCUT2D eigenvalue weighted by Gasteiger charge is 2.29. The van der Waals surface area contributed by atoms with Crippen LogP contribution in [0, 0.1) is 11.3 Å². The molecule has 1 rings (SSSR count). The molecule has 1 aromatic rings. The molecule has 10 heteroatoms. The van der Waals surface area contributed by atoms with Crippen LogP contribution in [0.1, 0.15) is 32.3 Å². The number of guanidine groups is 1. The Labute approximate surface area is 176 Å². The second-order valence-electron chi connectivity index (χ2n) is 7.41. The molecule has 0 fully saturated rings. The number of hydrogen-bond donors (Lipinski definition) is 7. The first kappa shape index (κ1) is 24.9. The van der Waals surface area contributed by atoms with Crippen molar-refractivity contribution >= 4 is 23.7 Å². The van der Waals surface area contributed by atoms with Gasteiger partial charge in [-0.2, -0.15) is 0 Å². The molecule has 0 heterocycles. The van der Waals surface area contributed by atoms with Gasteiger partial charge in [-0.1, -0.05) is 44.2 Å². The lowest BCUT2D eigenvalue weighted by atomic mass is 10.0. The van der Waals surface area contributed by atoms with Crippen molar-refractivity contribution in [2.24, 2.45) is 17.4 Å². The molecule has 0 aliphatic carbocycles. The predicted octanol–water partition coefficient (Wildman–Crippen LogP) is -0.470. The van der Waals surface area contributed by atoms with Crippen molar-refractivity contribution < 1.29 is 19.5 Å². The summed E-state index contributed by atoms with van der Waals surface area (Å²) < 4.78 is 0. The zero-order chi connectivity index (χ0) is 22.7. The molecule has 0 unspecified atom stereocenters. The van der Waals surface area contributed by atoms with Gasteiger partial charge in [0.15, 0.2) is 5.96 Å². The SMILES string of the molecule is CC(C)[C@H](NC(=O)[C@@H](N)Cc1ccccc1)C(=O)N[C@@H](CCCNC(=N)N)C(=O)O. The van der Waals surface area contributed by atoms with E-state index in [0.717, 1.165) is 5.56 Å². The van der Waals surface area contributed by atoms with Crippen LogP contribution in [0.5, 0.6) is 0 Å². The lowest BCUT2D eigenvalue weighted by Gasteiger charge is -2.25. The fourth-order valence-electron chi connectivity index (χ4n) is 2.80. The predicted molar refractivity (Wildman–Crippen MR) is 114 cm³/mol. The second-order valence-corrected chi connectivity index (χ2v) is 7.41. The number of benzene rings is 1. The molecule has 0 bridgehead atoms. The van der Waals surface area contributed by atoms with Gasteiger partial charge in [0, 0.05) is 6.54 Å². The van der Waals surface area contributed by atoms with Crippen molar-refractivity contribution in [3.63, 3.8) is 0 Å². The smallest absolute Gasteiger partial charge is 0.326 e. The Kier molecular flexibility index (Phi) is 10.3. The Morgan fingerprint density at radius 3 is 2.27 bits per heavy atom. The minimum atomic E-state index is -1.18. The number of amides is 2. The zero-order valence-electron chi connectivity index (χ0n) is 17.4. The van der Waals surface area contributed by atoms with Gasteiger partial charge in [0.2, 0.25) is 11.8 Å². The molecule has 3 atom stereocenters. The van der Waals surface area contributed by atoms with Gasteiger partial charge < -0.3 is 32.5 Å². The molecule has 9 N–H and O–H groups in total. The highest BCUT2D eigenvalue weighted by atomic mass is 16.4. The summed E-state index contributed by atoms with van der Waals surface area (Å²) in [5.74, 6) is -2.73. The third kappa shape index (κ3) is 8.91. The Bertz CT molecular complexity index is 725. The van der Waals surface area contributed by atoms with Crippen LogP contribution < -0.4 is 27.4 Å². The maximum absolute atomic E-state index is 12.7. The van der Waals surface area contributed by atoms with E-state index < -0.39 is 35.9 Å². The molecule has 0 radical (unpaired) electrons. The van der Waals surface area contributed by atoms with Crippen LogP contribution in [-0.4, -0.2) is 53.5 Å². The van der Waals surface area contributed by atoms with Gasteiger partial charge in [-0.3, -0.25) is 15.0 Å². The summed E-state index contributed by atoms with van der Waals surface area (Å²) in [7, 11) is 0. The molecule has 0 saturated heterocycles. The molecule has 30 heavy (non-hydrogen) atoms. The normalized spacial score (nSPS) is 13.7. The van der Waals surface area contributed by atoms with Crippen molar-refractivity contribution in [2.75, 3.05) is 6.54 Å². The quantitative estimate of drug-likeness (QED) is 0.135. The number of carbonyl (C=O) groups excluding carboxylic acids is 2. The molecule has 10 nitrogen and oxygen atoms in total. The fourth-order valence-corrected chi connectivity index (χ4v) is 2.80. The Hall–Kier alpha value is -3.14. The van der Waals surface area contributed by atoms with E-state index >= 15 is 0 Å². The van der Waals surface area contributed by atoms with E-state index in [4.69, 9.17) is 16.9 Å². The van der Waals surface area contributed by atoms with Crippen LogP contribution in [0.3, 0.4) is 0 Å². The summed E-state index contributed by atoms with van der Waals surface area (Å²) >= 11 is 0. The number of rotatable bonds is 12. The van der Waals surface area contributed by atoms with E-state index in [-0.39, 0.29) is 18.3 Å². The van der Waals surface area contributed by atoms with Gasteiger partial charge in [0.1, 0.15) is 12.1 Å². The van der Waals surface area contributed by atoms with Crippen molar-refractivity contribution in [3.8, 4) is 0 Å². The molecule has 1 aromatic carbocycles. The Balaban J connectivity index is 2.67. The average molecular weight is 421 g/mol. The van der Waals surface area contributed by atoms with Gasteiger partial charge in [-0.25, -0.2) is 4.79 Å². The second kappa shape index (κ2) is 12.4. The molecule has 2 amide bonds. The number of nitrogens with one attached hydrogen (secondary N) is 4. The van der Waals surface area contributed by atoms with E-state index in [1.165, 1.54) is 0 Å². The van der Waals surface area contributed by atoms with Crippen molar-refractivity contribution in [1.82, 2.24) is 16.0 Å². The number of aliphatic carboxylic acids is 1. The van der Waals surface area contributed by atoms with Crippen molar-refractivity contribution in [2.45, 2.75) is 51.2 Å². The average Bonchev–Trinajstić information content (AvgIpc) is 2.68. The fraction of sp³-hybridized carbons (Fsp3) is 0.500. The first-order valence-corrected chi connectivity index (χ1v) is 9.82. The minimum Gasteiger partial charge on any atom is -0.480 e. The summed E-state index contributed by atoms with van der Waals surface area (Å²) in [6.45, 7) is 3.81. The maximum Gasteiger partial charge on any atom is 0.326 e. The number of carboxylic acids is 1. The van der Waals surface area contributed by atoms with Crippen molar-refractivity contribution in [1.29, 1.82) is 5.41 Å². The standard InChI is InChI=1S/C20H32N6O4/c1-12(2)16(26-17(27)14(21)11-13-7-4-3-5-8-13)18(28)25-15(19(29)30)9-6-10-24-20(22)23/h3-5,7-8,12,14-16H,6,9-11,21H2,1-2H3,(H,25,28)(H,26,27)(H,29,30)(H4,22,23,24)/t14-,15-,16-/m0/s1. The third-order valence-electron chi connectivity index (χ3n) is 4.48. The molecule has 0 aliphatic rings. The molecular formula is C20H32N6O4. The first-order valence-electron chi connectivity index (χ1n) is 9.82. The van der Waals surface area contributed by atoms with E-state index in [2.05, 4.69) is 16.0 Å². The van der Waals surface area contributed by atoms with E-state index in [1.807, 2.05) is 30.3 Å². The Morgan fingerprint density at radius 1 is 1.10 bits per heavy atom. The largest absolute Gasteiger partial charge is 0.480 e. The number of carboxylic acid groups (broad SMARTS) is 1. The van der Waals surface area contributed by atoms with Gasteiger partial charge in [0.25, 0.3) is 0 Å². The molecule has 0 aliphatic heterocycles. The summed E-state index contributed by atoms with van der Waals surface area (Å²) in [6, 6.07) is 6.40. The lowest BCUT2D eigenvalue weighted by Crippen LogP contribution is -2.56. The van der Waals surface area contributed by atoms with E-state index in [1.54, 1.807) is 13.8 Å². The molecular weight excluding hydrogens is 388 g/mol. The van der Waals surface area contributed by atoms with Crippen LogP contribution in [-0.2, 0) is 20.8 Å². The van der Waals surface area contributed by atoms with Crippen LogP contribution in [0.4, 0.5) is 0 Å². The van der Waals surface area contributed by atoms with Gasteiger partial charge in [-0.05, 0) is 30.7 Å². The van der Waals surface area contributed by atoms with Gasteiger partial charge >= 0.3 is 5.97 Å². The summed E-state index contributed by atoms with van der Waals surface area (Å²) in [4.78, 5) is 36.6. The maximum atomic E-state index is 12.7. The van der Waals surface area contributed by atoms with Crippen LogP contribution in [0.2, 0.25) is 0 Å². The van der Waals surface area contributed by atoms with Gasteiger partial charge in [-0.15, -0.1) is 0 Å². The van der Waals surface area contributed by atoms with E-state index in [0.29, 0.717) is 19.4 Å². The summed E-state index contributed by atoms with van der Waals surface area (Å²) in [6.07, 6.45) is 0.852. The van der Waals surface area contributed by atoms with E-state index in [9.17, 15) is 19.5 Å². The number of carbonyl (C=O) groups is 3. The van der Waals surface area contributed by atoms with Gasteiger partial charge in [0.05, 0.1) is 6.04 Å². The topological polar surface area (TPSA) is 183 Å². The molecule has 0 saturated carbocycles. The molecule has 0 spiro atoms. The first-order chi connectivity index (χ1) is 14.1. The number of nitrogens with two attached hydrogens (primary N) is 2. The van der Waals surface area contributed by atoms with Crippen LogP contribution >= 0.6 is 0 Å². The highest BCUT2D eigenvalue weighted by molar-refractivity contribution is 5.92.